The van der Waals surface area contributed by atoms with E-state index < -0.39 is 22.9 Å². The molecule has 2 N–H and O–H groups in total. The molecule has 0 fully saturated rings. The number of aromatic nitrogens is 3. The van der Waals surface area contributed by atoms with Crippen LogP contribution in [0.3, 0.4) is 0 Å². The highest BCUT2D eigenvalue weighted by atomic mass is 32.2. The lowest BCUT2D eigenvalue weighted by atomic mass is 10.1. The molecule has 0 radical (unpaired) electrons. The first kappa shape index (κ1) is 17.3. The summed E-state index contributed by atoms with van der Waals surface area (Å²) in [5.41, 5.74) is -1.14. The summed E-state index contributed by atoms with van der Waals surface area (Å²) in [6.07, 6.45) is -3.85. The Labute approximate surface area is 135 Å². The molecule has 23 heavy (non-hydrogen) atoms. The highest BCUT2D eigenvalue weighted by Crippen LogP contribution is 2.34. The number of anilines is 1. The Balaban J connectivity index is 2.07. The summed E-state index contributed by atoms with van der Waals surface area (Å²) in [5, 5.41) is 8.71. The number of hydrogen-bond acceptors (Lipinski definition) is 4. The Morgan fingerprint density at radius 3 is 2.70 bits per heavy atom. The van der Waals surface area contributed by atoms with E-state index in [2.05, 4.69) is 20.5 Å². The van der Waals surface area contributed by atoms with Gasteiger partial charge in [0, 0.05) is 6.42 Å². The van der Waals surface area contributed by atoms with Crippen molar-refractivity contribution in [3.8, 4) is 0 Å². The summed E-state index contributed by atoms with van der Waals surface area (Å²) < 4.78 is 38.7. The van der Waals surface area contributed by atoms with E-state index in [4.69, 9.17) is 0 Å². The largest absolute Gasteiger partial charge is 0.418 e. The number of halogens is 3. The van der Waals surface area contributed by atoms with Crippen LogP contribution in [0.15, 0.2) is 29.4 Å². The molecule has 1 unspecified atom stereocenters. The molecule has 1 heterocycles. The van der Waals surface area contributed by atoms with Crippen molar-refractivity contribution in [2.45, 2.75) is 36.9 Å². The number of carbonyl (C=O) groups is 1. The molecule has 2 aromatic rings. The molecule has 1 atom stereocenters. The lowest BCUT2D eigenvalue weighted by molar-refractivity contribution is -0.137. The maximum atomic E-state index is 12.9. The second-order valence-corrected chi connectivity index (χ2v) is 6.02. The van der Waals surface area contributed by atoms with Gasteiger partial charge in [0.1, 0.15) is 5.82 Å². The number of nitrogens with zero attached hydrogens (tertiary/aromatic N) is 2. The van der Waals surface area contributed by atoms with Crippen molar-refractivity contribution in [1.29, 1.82) is 0 Å². The van der Waals surface area contributed by atoms with E-state index in [-0.39, 0.29) is 5.69 Å². The van der Waals surface area contributed by atoms with Crippen molar-refractivity contribution in [2.24, 2.45) is 0 Å². The molecule has 0 saturated carbocycles. The first-order chi connectivity index (χ1) is 10.8. The highest BCUT2D eigenvalue weighted by molar-refractivity contribution is 8.00. The highest BCUT2D eigenvalue weighted by Gasteiger charge is 2.34. The Morgan fingerprint density at radius 1 is 1.39 bits per heavy atom. The van der Waals surface area contributed by atoms with Gasteiger partial charge in [0.15, 0.2) is 0 Å². The SMILES string of the molecule is CCc1nc(SC(C)C(=O)Nc2ccccc2C(F)(F)F)n[nH]1. The molecular weight excluding hydrogens is 329 g/mol. The number of benzene rings is 1. The minimum Gasteiger partial charge on any atom is -0.325 e. The third-order valence-electron chi connectivity index (χ3n) is 2.99. The van der Waals surface area contributed by atoms with Gasteiger partial charge in [0.25, 0.3) is 0 Å². The van der Waals surface area contributed by atoms with Gasteiger partial charge in [-0.05, 0) is 19.1 Å². The first-order valence-electron chi connectivity index (χ1n) is 6.86. The zero-order chi connectivity index (χ0) is 17.0. The van der Waals surface area contributed by atoms with Gasteiger partial charge in [0.2, 0.25) is 11.1 Å². The van der Waals surface area contributed by atoms with Crippen LogP contribution in [0, 0.1) is 0 Å². The number of nitrogens with one attached hydrogen (secondary N) is 2. The van der Waals surface area contributed by atoms with Gasteiger partial charge in [-0.1, -0.05) is 30.8 Å². The van der Waals surface area contributed by atoms with Gasteiger partial charge in [0.05, 0.1) is 16.5 Å². The third kappa shape index (κ3) is 4.47. The van der Waals surface area contributed by atoms with E-state index in [9.17, 15) is 18.0 Å². The van der Waals surface area contributed by atoms with Crippen LogP contribution in [-0.4, -0.2) is 26.3 Å². The van der Waals surface area contributed by atoms with E-state index in [0.717, 1.165) is 17.8 Å². The number of H-pyrrole nitrogens is 1. The maximum Gasteiger partial charge on any atom is 0.418 e. The van der Waals surface area contributed by atoms with Crippen molar-refractivity contribution in [1.82, 2.24) is 15.2 Å². The number of alkyl halides is 3. The van der Waals surface area contributed by atoms with E-state index in [0.29, 0.717) is 17.4 Å². The van der Waals surface area contributed by atoms with Crippen molar-refractivity contribution < 1.29 is 18.0 Å². The maximum absolute atomic E-state index is 12.9. The summed E-state index contributed by atoms with van der Waals surface area (Å²) >= 11 is 1.07. The Morgan fingerprint density at radius 2 is 2.09 bits per heavy atom. The molecule has 0 aliphatic rings. The van der Waals surface area contributed by atoms with Crippen molar-refractivity contribution in [3.63, 3.8) is 0 Å². The third-order valence-corrected chi connectivity index (χ3v) is 3.95. The predicted octanol–water partition coefficient (Wildman–Crippen LogP) is 3.51. The van der Waals surface area contributed by atoms with Crippen LogP contribution >= 0.6 is 11.8 Å². The number of hydrogen-bond donors (Lipinski definition) is 2. The molecule has 0 aliphatic carbocycles. The second-order valence-electron chi connectivity index (χ2n) is 4.71. The molecule has 0 spiro atoms. The molecule has 0 saturated heterocycles. The zero-order valence-electron chi connectivity index (χ0n) is 12.4. The summed E-state index contributed by atoms with van der Waals surface area (Å²) in [7, 11) is 0. The Kier molecular flexibility index (Phi) is 5.30. The quantitative estimate of drug-likeness (QED) is 0.815. The fourth-order valence-electron chi connectivity index (χ4n) is 1.77. The number of aromatic amines is 1. The van der Waals surface area contributed by atoms with Gasteiger partial charge >= 0.3 is 6.18 Å². The molecule has 2 rings (SSSR count). The number of aryl methyl sites for hydroxylation is 1. The number of thioether (sulfide) groups is 1. The summed E-state index contributed by atoms with van der Waals surface area (Å²) in [5.74, 6) is 0.136. The Bertz CT molecular complexity index is 687. The average molecular weight is 344 g/mol. The molecule has 9 heteroatoms. The second kappa shape index (κ2) is 7.03. The topological polar surface area (TPSA) is 70.7 Å². The van der Waals surface area contributed by atoms with Crippen molar-refractivity contribution >= 4 is 23.4 Å². The average Bonchev–Trinajstić information content (AvgIpc) is 2.94. The fraction of sp³-hybridized carbons (Fsp3) is 0.357. The minimum absolute atomic E-state index is 0.262. The van der Waals surface area contributed by atoms with E-state index in [1.54, 1.807) is 6.92 Å². The molecule has 124 valence electrons. The molecule has 0 bridgehead atoms. The van der Waals surface area contributed by atoms with Crippen LogP contribution in [0.2, 0.25) is 0 Å². The van der Waals surface area contributed by atoms with Gasteiger partial charge in [-0.2, -0.15) is 13.2 Å². The van der Waals surface area contributed by atoms with Gasteiger partial charge in [-0.15, -0.1) is 5.10 Å². The minimum atomic E-state index is -4.53. The summed E-state index contributed by atoms with van der Waals surface area (Å²) in [4.78, 5) is 16.3. The van der Waals surface area contributed by atoms with Gasteiger partial charge in [-0.25, -0.2) is 4.98 Å². The summed E-state index contributed by atoms with van der Waals surface area (Å²) in [6, 6.07) is 4.86. The lowest BCUT2D eigenvalue weighted by Crippen LogP contribution is -2.24. The summed E-state index contributed by atoms with van der Waals surface area (Å²) in [6.45, 7) is 3.48. The van der Waals surface area contributed by atoms with Crippen LogP contribution < -0.4 is 5.32 Å². The number of para-hydroxylation sites is 1. The van der Waals surface area contributed by atoms with E-state index >= 15 is 0 Å². The van der Waals surface area contributed by atoms with Crippen LogP contribution in [0.25, 0.3) is 0 Å². The fourth-order valence-corrected chi connectivity index (χ4v) is 2.52. The molecule has 1 aromatic heterocycles. The monoisotopic (exact) mass is 344 g/mol. The van der Waals surface area contributed by atoms with Crippen molar-refractivity contribution in [3.05, 3.63) is 35.7 Å². The van der Waals surface area contributed by atoms with Crippen molar-refractivity contribution in [2.75, 3.05) is 5.32 Å². The van der Waals surface area contributed by atoms with Crippen LogP contribution in [0.4, 0.5) is 18.9 Å². The van der Waals surface area contributed by atoms with E-state index in [1.807, 2.05) is 6.92 Å². The van der Waals surface area contributed by atoms with Crippen LogP contribution in [0.5, 0.6) is 0 Å². The van der Waals surface area contributed by atoms with Gasteiger partial charge < -0.3 is 5.32 Å². The van der Waals surface area contributed by atoms with Crippen LogP contribution in [0.1, 0.15) is 25.2 Å². The van der Waals surface area contributed by atoms with Crippen LogP contribution in [-0.2, 0) is 17.4 Å². The molecular formula is C14H15F3N4OS. The van der Waals surface area contributed by atoms with E-state index in [1.165, 1.54) is 18.2 Å². The number of amides is 1. The molecule has 5 nitrogen and oxygen atoms in total. The normalized spacial score (nSPS) is 12.9. The van der Waals surface area contributed by atoms with Gasteiger partial charge in [-0.3, -0.25) is 9.89 Å². The number of carbonyl (C=O) groups excluding carboxylic acids is 1. The molecule has 1 aromatic carbocycles. The Hall–Kier alpha value is -2.03. The predicted molar refractivity (Wildman–Crippen MR) is 81.2 cm³/mol. The standard InChI is InChI=1S/C14H15F3N4OS/c1-3-11-19-13(21-20-11)23-8(2)12(22)18-10-7-5-4-6-9(10)14(15,16)17/h4-8H,3H2,1-2H3,(H,18,22)(H,19,20,21). The molecule has 0 aliphatic heterocycles. The zero-order valence-corrected chi connectivity index (χ0v) is 13.3. The first-order valence-corrected chi connectivity index (χ1v) is 7.74. The number of rotatable bonds is 5. The molecule has 1 amide bonds. The smallest absolute Gasteiger partial charge is 0.325 e. The lowest BCUT2D eigenvalue weighted by Gasteiger charge is -2.15.